The second-order valence-electron chi connectivity index (χ2n) is 5.53. The van der Waals surface area contributed by atoms with E-state index in [0.29, 0.717) is 22.3 Å². The van der Waals surface area contributed by atoms with E-state index in [4.69, 9.17) is 4.74 Å². The summed E-state index contributed by atoms with van der Waals surface area (Å²) in [5, 5.41) is 23.2. The molecule has 25 heavy (non-hydrogen) atoms. The van der Waals surface area contributed by atoms with Crippen LogP contribution in [-0.2, 0) is 6.61 Å². The summed E-state index contributed by atoms with van der Waals surface area (Å²) in [7, 11) is 0. The molecule has 0 unspecified atom stereocenters. The SMILES string of the molecule is Cc1nnc(NC(=O)c2cccc(OCc3nnnn3C(C)C)c2)s1. The Balaban J connectivity index is 1.66. The molecule has 2 heterocycles. The van der Waals surface area contributed by atoms with Crippen LogP contribution < -0.4 is 10.1 Å². The third kappa shape index (κ3) is 4.15. The van der Waals surface area contributed by atoms with Gasteiger partial charge >= 0.3 is 0 Å². The van der Waals surface area contributed by atoms with Crippen molar-refractivity contribution in [3.8, 4) is 5.75 Å². The average Bonchev–Trinajstić information content (AvgIpc) is 3.22. The molecule has 1 aromatic carbocycles. The smallest absolute Gasteiger partial charge is 0.257 e. The number of tetrazole rings is 1. The van der Waals surface area contributed by atoms with E-state index in [9.17, 15) is 4.79 Å². The number of hydrogen-bond acceptors (Lipinski definition) is 8. The summed E-state index contributed by atoms with van der Waals surface area (Å²) < 4.78 is 7.41. The maximum Gasteiger partial charge on any atom is 0.257 e. The van der Waals surface area contributed by atoms with E-state index in [1.54, 1.807) is 28.9 Å². The summed E-state index contributed by atoms with van der Waals surface area (Å²) in [5.41, 5.74) is 0.466. The first-order chi connectivity index (χ1) is 12.0. The Morgan fingerprint density at radius 1 is 1.32 bits per heavy atom. The van der Waals surface area contributed by atoms with Crippen molar-refractivity contribution in [2.45, 2.75) is 33.4 Å². The normalized spacial score (nSPS) is 10.9. The van der Waals surface area contributed by atoms with Gasteiger partial charge in [-0.2, -0.15) is 0 Å². The molecule has 0 aliphatic carbocycles. The quantitative estimate of drug-likeness (QED) is 0.719. The highest BCUT2D eigenvalue weighted by atomic mass is 32.1. The second kappa shape index (κ2) is 7.34. The molecule has 130 valence electrons. The molecule has 0 radical (unpaired) electrons. The minimum absolute atomic E-state index is 0.140. The van der Waals surface area contributed by atoms with Crippen molar-refractivity contribution in [2.24, 2.45) is 0 Å². The van der Waals surface area contributed by atoms with Gasteiger partial charge in [0.15, 0.2) is 5.82 Å². The number of amides is 1. The second-order valence-corrected chi connectivity index (χ2v) is 6.71. The first-order valence-electron chi connectivity index (χ1n) is 7.64. The number of carbonyl (C=O) groups excluding carboxylic acids is 1. The molecule has 0 spiro atoms. The molecule has 0 saturated carbocycles. The number of aromatic nitrogens is 6. The Morgan fingerprint density at radius 2 is 2.16 bits per heavy atom. The molecule has 0 fully saturated rings. The molecule has 1 N–H and O–H groups in total. The lowest BCUT2D eigenvalue weighted by Gasteiger charge is -2.10. The number of nitrogens with one attached hydrogen (secondary N) is 1. The third-order valence-corrected chi connectivity index (χ3v) is 4.01. The van der Waals surface area contributed by atoms with Crippen molar-refractivity contribution >= 4 is 22.4 Å². The van der Waals surface area contributed by atoms with Gasteiger partial charge in [-0.05, 0) is 49.4 Å². The highest BCUT2D eigenvalue weighted by Gasteiger charge is 2.12. The largest absolute Gasteiger partial charge is 0.486 e. The lowest BCUT2D eigenvalue weighted by Crippen LogP contribution is -2.12. The number of rotatable bonds is 6. The third-order valence-electron chi connectivity index (χ3n) is 3.26. The minimum Gasteiger partial charge on any atom is -0.486 e. The lowest BCUT2D eigenvalue weighted by atomic mass is 10.2. The standard InChI is InChI=1S/C15H17N7O2S/c1-9(2)22-13(18-20-21-22)8-24-12-6-4-5-11(7-12)14(23)16-15-19-17-10(3)25-15/h4-7,9H,8H2,1-3H3,(H,16,19,23). The van der Waals surface area contributed by atoms with E-state index in [1.165, 1.54) is 11.3 Å². The predicted molar refractivity (Wildman–Crippen MR) is 91.6 cm³/mol. The fraction of sp³-hybridized carbons (Fsp3) is 0.333. The first-order valence-corrected chi connectivity index (χ1v) is 8.45. The van der Waals surface area contributed by atoms with E-state index in [0.717, 1.165) is 5.01 Å². The van der Waals surface area contributed by atoms with Crippen molar-refractivity contribution in [2.75, 3.05) is 5.32 Å². The van der Waals surface area contributed by atoms with Gasteiger partial charge in [0.05, 0.1) is 6.04 Å². The summed E-state index contributed by atoms with van der Waals surface area (Å²) >= 11 is 1.32. The number of benzene rings is 1. The average molecular weight is 359 g/mol. The van der Waals surface area contributed by atoms with Crippen LogP contribution in [0.2, 0.25) is 0 Å². The fourth-order valence-electron chi connectivity index (χ4n) is 2.10. The zero-order valence-electron chi connectivity index (χ0n) is 14.0. The molecule has 0 atom stereocenters. The van der Waals surface area contributed by atoms with Crippen molar-refractivity contribution < 1.29 is 9.53 Å². The van der Waals surface area contributed by atoms with Gasteiger partial charge in [-0.25, -0.2) is 4.68 Å². The molecule has 9 nitrogen and oxygen atoms in total. The van der Waals surface area contributed by atoms with Crippen LogP contribution in [0.5, 0.6) is 5.75 Å². The van der Waals surface area contributed by atoms with Crippen LogP contribution in [-0.4, -0.2) is 36.3 Å². The number of carbonyl (C=O) groups is 1. The monoisotopic (exact) mass is 359 g/mol. The Hall–Kier alpha value is -2.88. The van der Waals surface area contributed by atoms with Crippen molar-refractivity contribution in [1.29, 1.82) is 0 Å². The molecular formula is C15H17N7O2S. The van der Waals surface area contributed by atoms with Crippen LogP contribution in [0.4, 0.5) is 5.13 Å². The summed E-state index contributed by atoms with van der Waals surface area (Å²) in [6.45, 7) is 6.01. The predicted octanol–water partition coefficient (Wildman–Crippen LogP) is 2.25. The number of nitrogens with zero attached hydrogens (tertiary/aromatic N) is 6. The highest BCUT2D eigenvalue weighted by molar-refractivity contribution is 7.15. The van der Waals surface area contributed by atoms with Crippen LogP contribution >= 0.6 is 11.3 Å². The van der Waals surface area contributed by atoms with Gasteiger partial charge in [-0.3, -0.25) is 10.1 Å². The molecule has 2 aromatic heterocycles. The van der Waals surface area contributed by atoms with Crippen LogP contribution in [0, 0.1) is 6.92 Å². The maximum atomic E-state index is 12.3. The molecule has 3 aromatic rings. The Bertz CT molecular complexity index is 874. The van der Waals surface area contributed by atoms with Crippen molar-refractivity contribution in [1.82, 2.24) is 30.4 Å². The highest BCUT2D eigenvalue weighted by Crippen LogP contribution is 2.18. The van der Waals surface area contributed by atoms with Crippen LogP contribution in [0.1, 0.15) is 41.1 Å². The zero-order valence-corrected chi connectivity index (χ0v) is 14.8. The Morgan fingerprint density at radius 3 is 2.88 bits per heavy atom. The Kier molecular flexibility index (Phi) is 4.98. The molecule has 1 amide bonds. The Labute approximate surface area is 148 Å². The fourth-order valence-corrected chi connectivity index (χ4v) is 2.69. The summed E-state index contributed by atoms with van der Waals surface area (Å²) in [4.78, 5) is 12.3. The van der Waals surface area contributed by atoms with Gasteiger partial charge in [-0.1, -0.05) is 17.4 Å². The van der Waals surface area contributed by atoms with E-state index in [-0.39, 0.29) is 18.6 Å². The van der Waals surface area contributed by atoms with Gasteiger partial charge < -0.3 is 4.74 Å². The molecule has 0 aliphatic rings. The van der Waals surface area contributed by atoms with Gasteiger partial charge in [0.25, 0.3) is 5.91 Å². The van der Waals surface area contributed by atoms with Crippen molar-refractivity contribution in [3.63, 3.8) is 0 Å². The van der Waals surface area contributed by atoms with Gasteiger partial charge in [0, 0.05) is 5.56 Å². The molecule has 3 rings (SSSR count). The topological polar surface area (TPSA) is 108 Å². The molecule has 0 aliphatic heterocycles. The van der Waals surface area contributed by atoms with Gasteiger partial charge in [-0.15, -0.1) is 15.3 Å². The van der Waals surface area contributed by atoms with Crippen LogP contribution in [0.3, 0.4) is 0 Å². The van der Waals surface area contributed by atoms with Crippen LogP contribution in [0.25, 0.3) is 0 Å². The molecule has 0 bridgehead atoms. The zero-order chi connectivity index (χ0) is 17.8. The number of aryl methyl sites for hydroxylation is 1. The van der Waals surface area contributed by atoms with Crippen LogP contribution in [0.15, 0.2) is 24.3 Å². The van der Waals surface area contributed by atoms with E-state index in [2.05, 4.69) is 31.0 Å². The number of anilines is 1. The van der Waals surface area contributed by atoms with Gasteiger partial charge in [0.2, 0.25) is 5.13 Å². The first kappa shape index (κ1) is 17.0. The number of hydrogen-bond donors (Lipinski definition) is 1. The summed E-state index contributed by atoms with van der Waals surface area (Å²) in [6.07, 6.45) is 0. The summed E-state index contributed by atoms with van der Waals surface area (Å²) in [5.74, 6) is 0.905. The molecule has 0 saturated heterocycles. The molecule has 10 heteroatoms. The number of ether oxygens (including phenoxy) is 1. The minimum atomic E-state index is -0.270. The van der Waals surface area contributed by atoms with E-state index >= 15 is 0 Å². The van der Waals surface area contributed by atoms with E-state index in [1.807, 2.05) is 20.8 Å². The van der Waals surface area contributed by atoms with E-state index < -0.39 is 0 Å². The lowest BCUT2D eigenvalue weighted by molar-refractivity contribution is 0.102. The van der Waals surface area contributed by atoms with Crippen molar-refractivity contribution in [3.05, 3.63) is 40.7 Å². The molecular weight excluding hydrogens is 342 g/mol. The maximum absolute atomic E-state index is 12.3. The van der Waals surface area contributed by atoms with Gasteiger partial charge in [0.1, 0.15) is 17.4 Å². The summed E-state index contributed by atoms with van der Waals surface area (Å²) in [6, 6.07) is 7.03.